The highest BCUT2D eigenvalue weighted by molar-refractivity contribution is 7.92. The Morgan fingerprint density at radius 1 is 1.35 bits per heavy atom. The second-order valence-corrected chi connectivity index (χ2v) is 8.36. The van der Waals surface area contributed by atoms with Crippen LogP contribution in [0.4, 0.5) is 5.69 Å². The Bertz CT molecular complexity index is 625. The summed E-state index contributed by atoms with van der Waals surface area (Å²) in [6.45, 7) is 0.504. The lowest BCUT2D eigenvalue weighted by Crippen LogP contribution is -2.49. The van der Waals surface area contributed by atoms with Crippen molar-refractivity contribution in [3.05, 3.63) is 23.2 Å². The maximum absolute atomic E-state index is 12.8. The molecular formula is C14H18ClNO3S. The van der Waals surface area contributed by atoms with Gasteiger partial charge in [0.15, 0.2) is 9.84 Å². The van der Waals surface area contributed by atoms with Gasteiger partial charge in [0.25, 0.3) is 0 Å². The van der Waals surface area contributed by atoms with Crippen LogP contribution in [0, 0.1) is 0 Å². The fraction of sp³-hybridized carbons (Fsp3) is 0.571. The lowest BCUT2D eigenvalue weighted by atomic mass is 9.75. The lowest BCUT2D eigenvalue weighted by Gasteiger charge is -2.46. The monoisotopic (exact) mass is 315 g/mol. The number of hydrogen-bond acceptors (Lipinski definition) is 4. The van der Waals surface area contributed by atoms with Gasteiger partial charge in [-0.1, -0.05) is 11.6 Å². The predicted molar refractivity (Wildman–Crippen MR) is 78.6 cm³/mol. The summed E-state index contributed by atoms with van der Waals surface area (Å²) in [6.07, 6.45) is 4.14. The van der Waals surface area contributed by atoms with Crippen molar-refractivity contribution in [2.75, 3.05) is 12.3 Å². The van der Waals surface area contributed by atoms with E-state index in [1.165, 1.54) is 6.07 Å². The molecule has 1 atom stereocenters. The van der Waals surface area contributed by atoms with Crippen molar-refractivity contribution in [1.82, 2.24) is 0 Å². The number of nitrogen functional groups attached to an aromatic ring is 1. The molecule has 1 saturated carbocycles. The molecule has 6 heteroatoms. The molecule has 1 unspecified atom stereocenters. The largest absolute Gasteiger partial charge is 0.398 e. The topological polar surface area (TPSA) is 69.4 Å². The van der Waals surface area contributed by atoms with Crippen LogP contribution in [0.3, 0.4) is 0 Å². The minimum absolute atomic E-state index is 0.159. The third-order valence-electron chi connectivity index (χ3n) is 4.43. The van der Waals surface area contributed by atoms with Crippen molar-refractivity contribution in [3.8, 4) is 0 Å². The van der Waals surface area contributed by atoms with E-state index in [1.807, 2.05) is 0 Å². The molecule has 0 aromatic heterocycles. The summed E-state index contributed by atoms with van der Waals surface area (Å²) in [4.78, 5) is 0.159. The van der Waals surface area contributed by atoms with Crippen molar-refractivity contribution < 1.29 is 13.2 Å². The van der Waals surface area contributed by atoms with Gasteiger partial charge >= 0.3 is 0 Å². The van der Waals surface area contributed by atoms with Crippen molar-refractivity contribution in [2.45, 2.75) is 47.9 Å². The molecular weight excluding hydrogens is 298 g/mol. The van der Waals surface area contributed by atoms with Gasteiger partial charge in [-0.3, -0.25) is 0 Å². The van der Waals surface area contributed by atoms with Crippen molar-refractivity contribution in [3.63, 3.8) is 0 Å². The molecule has 0 bridgehead atoms. The van der Waals surface area contributed by atoms with Gasteiger partial charge < -0.3 is 10.5 Å². The molecule has 1 aliphatic heterocycles. The molecule has 1 aromatic rings. The van der Waals surface area contributed by atoms with E-state index in [4.69, 9.17) is 22.1 Å². The molecule has 2 N–H and O–H groups in total. The van der Waals surface area contributed by atoms with E-state index < -0.39 is 15.1 Å². The van der Waals surface area contributed by atoms with Crippen LogP contribution < -0.4 is 5.73 Å². The number of anilines is 1. The number of nitrogens with two attached hydrogens (primary N) is 1. The number of sulfone groups is 1. The van der Waals surface area contributed by atoms with Crippen LogP contribution in [0.1, 0.15) is 32.1 Å². The third kappa shape index (κ3) is 2.32. The van der Waals surface area contributed by atoms with Crippen molar-refractivity contribution in [1.29, 1.82) is 0 Å². The lowest BCUT2D eigenvalue weighted by molar-refractivity contribution is -0.125. The molecule has 110 valence electrons. The average molecular weight is 316 g/mol. The summed E-state index contributed by atoms with van der Waals surface area (Å²) in [5, 5.41) is -0.0273. The van der Waals surface area contributed by atoms with Gasteiger partial charge in [0.05, 0.1) is 21.4 Å². The summed E-state index contributed by atoms with van der Waals surface area (Å²) < 4.78 is 31.4. The van der Waals surface area contributed by atoms with E-state index in [9.17, 15) is 8.42 Å². The van der Waals surface area contributed by atoms with Gasteiger partial charge in [0, 0.05) is 11.6 Å². The minimum Gasteiger partial charge on any atom is -0.398 e. The predicted octanol–water partition coefficient (Wildman–Crippen LogP) is 2.80. The summed E-state index contributed by atoms with van der Waals surface area (Å²) in [7, 11) is -3.45. The van der Waals surface area contributed by atoms with Gasteiger partial charge in [-0.2, -0.15) is 0 Å². The molecule has 1 aliphatic carbocycles. The number of ether oxygens (including phenoxy) is 1. The highest BCUT2D eigenvalue weighted by Crippen LogP contribution is 2.45. The minimum atomic E-state index is -3.45. The van der Waals surface area contributed by atoms with Crippen molar-refractivity contribution >= 4 is 27.1 Å². The third-order valence-corrected chi connectivity index (χ3v) is 6.92. The molecule has 1 saturated heterocycles. The van der Waals surface area contributed by atoms with Crippen molar-refractivity contribution in [2.24, 2.45) is 0 Å². The normalized spacial score (nSPS) is 25.4. The first-order chi connectivity index (χ1) is 9.43. The first kappa shape index (κ1) is 14.2. The molecule has 3 rings (SSSR count). The number of hydrogen-bond donors (Lipinski definition) is 1. The van der Waals surface area contributed by atoms with E-state index in [-0.39, 0.29) is 16.2 Å². The van der Waals surface area contributed by atoms with Gasteiger partial charge in [-0.15, -0.1) is 0 Å². The molecule has 0 radical (unpaired) electrons. The summed E-state index contributed by atoms with van der Waals surface area (Å²) in [5.74, 6) is 0. The first-order valence-corrected chi connectivity index (χ1v) is 8.78. The highest BCUT2D eigenvalue weighted by atomic mass is 35.5. The maximum atomic E-state index is 12.8. The Hall–Kier alpha value is -0.780. The van der Waals surface area contributed by atoms with E-state index in [0.717, 1.165) is 19.3 Å². The molecule has 1 heterocycles. The molecule has 2 aliphatic rings. The quantitative estimate of drug-likeness (QED) is 0.852. The number of rotatable bonds is 2. The fourth-order valence-corrected chi connectivity index (χ4v) is 5.31. The average Bonchev–Trinajstić information content (AvgIpc) is 2.40. The van der Waals surface area contributed by atoms with Crippen LogP contribution in [0.5, 0.6) is 0 Å². The SMILES string of the molecule is Nc1ccc(Cl)cc1S(=O)(=O)C1CCOC2(CCC2)C1. The van der Waals surface area contributed by atoms with Crippen LogP contribution >= 0.6 is 11.6 Å². The van der Waals surface area contributed by atoms with E-state index in [2.05, 4.69) is 0 Å². The van der Waals surface area contributed by atoms with Crippen LogP contribution in [-0.2, 0) is 14.6 Å². The zero-order chi connectivity index (χ0) is 14.4. The Morgan fingerprint density at radius 3 is 2.75 bits per heavy atom. The Balaban J connectivity index is 1.93. The summed E-state index contributed by atoms with van der Waals surface area (Å²) in [6, 6.07) is 4.61. The van der Waals surface area contributed by atoms with Gasteiger partial charge in [-0.25, -0.2) is 8.42 Å². The zero-order valence-corrected chi connectivity index (χ0v) is 12.7. The summed E-state index contributed by atoms with van der Waals surface area (Å²) >= 11 is 5.91. The van der Waals surface area contributed by atoms with Gasteiger partial charge in [0.2, 0.25) is 0 Å². The fourth-order valence-electron chi connectivity index (χ4n) is 3.10. The smallest absolute Gasteiger partial charge is 0.183 e. The van der Waals surface area contributed by atoms with Gasteiger partial charge in [0.1, 0.15) is 0 Å². The molecule has 20 heavy (non-hydrogen) atoms. The van der Waals surface area contributed by atoms with Crippen LogP contribution in [0.25, 0.3) is 0 Å². The molecule has 0 amide bonds. The van der Waals surface area contributed by atoms with E-state index >= 15 is 0 Å². The molecule has 1 aromatic carbocycles. The van der Waals surface area contributed by atoms with Gasteiger partial charge in [-0.05, 0) is 50.3 Å². The maximum Gasteiger partial charge on any atom is 0.183 e. The van der Waals surface area contributed by atoms with Crippen LogP contribution in [0.2, 0.25) is 5.02 Å². The Labute approximate surface area is 124 Å². The standard InChI is InChI=1S/C14H18ClNO3S/c15-10-2-3-12(16)13(8-10)20(17,18)11-4-7-19-14(9-11)5-1-6-14/h2-3,8,11H,1,4-7,9,16H2. The highest BCUT2D eigenvalue weighted by Gasteiger charge is 2.46. The number of benzene rings is 1. The van der Waals surface area contributed by atoms with Crippen LogP contribution in [0.15, 0.2) is 23.1 Å². The Kier molecular flexibility index (Phi) is 3.47. The van der Waals surface area contributed by atoms with E-state index in [1.54, 1.807) is 12.1 Å². The second-order valence-electron chi connectivity index (χ2n) is 5.73. The van der Waals surface area contributed by atoms with E-state index in [0.29, 0.717) is 24.5 Å². The summed E-state index contributed by atoms with van der Waals surface area (Å²) in [5.41, 5.74) is 5.89. The molecule has 4 nitrogen and oxygen atoms in total. The molecule has 2 fully saturated rings. The molecule has 1 spiro atoms. The van der Waals surface area contributed by atoms with Crippen LogP contribution in [-0.4, -0.2) is 25.9 Å². The Morgan fingerprint density at radius 2 is 2.10 bits per heavy atom. The zero-order valence-electron chi connectivity index (χ0n) is 11.1. The first-order valence-electron chi connectivity index (χ1n) is 6.86. The second kappa shape index (κ2) is 4.90. The number of halogens is 1.